The Morgan fingerprint density at radius 1 is 1.52 bits per heavy atom. The molecule has 0 unspecified atom stereocenters. The second-order valence-corrected chi connectivity index (χ2v) is 6.96. The van der Waals surface area contributed by atoms with Gasteiger partial charge in [-0.3, -0.25) is 0 Å². The predicted octanol–water partition coefficient (Wildman–Crippen LogP) is 2.74. The average Bonchev–Trinajstić information content (AvgIpc) is 2.94. The summed E-state index contributed by atoms with van der Waals surface area (Å²) in [5.74, 6) is 0. The Morgan fingerprint density at radius 2 is 2.35 bits per heavy atom. The van der Waals surface area contributed by atoms with E-state index in [0.717, 1.165) is 17.5 Å². The zero-order chi connectivity index (χ0) is 16.4. The number of nitrogens with one attached hydrogen (secondary N) is 1. The number of amides is 2. The molecule has 1 aromatic carbocycles. The quantitative estimate of drug-likeness (QED) is 0.902. The predicted molar refractivity (Wildman–Crippen MR) is 88.7 cm³/mol. The van der Waals surface area contributed by atoms with Gasteiger partial charge in [-0.25, -0.2) is 4.79 Å². The van der Waals surface area contributed by atoms with Crippen LogP contribution in [0.4, 0.5) is 4.79 Å². The normalized spacial score (nSPS) is 27.4. The maximum absolute atomic E-state index is 12.5. The van der Waals surface area contributed by atoms with Crippen molar-refractivity contribution in [2.75, 3.05) is 26.3 Å². The Morgan fingerprint density at radius 3 is 3.09 bits per heavy atom. The van der Waals surface area contributed by atoms with Gasteiger partial charge in [-0.05, 0) is 37.1 Å². The Balaban J connectivity index is 1.62. The van der Waals surface area contributed by atoms with E-state index < -0.39 is 0 Å². The minimum absolute atomic E-state index is 0.0177. The molecule has 0 aromatic heterocycles. The van der Waals surface area contributed by atoms with E-state index in [-0.39, 0.29) is 17.7 Å². The first kappa shape index (κ1) is 16.6. The molecule has 0 saturated carbocycles. The van der Waals surface area contributed by atoms with Crippen molar-refractivity contribution in [2.45, 2.75) is 38.5 Å². The van der Waals surface area contributed by atoms with Crippen molar-refractivity contribution in [3.8, 4) is 0 Å². The third kappa shape index (κ3) is 3.79. The van der Waals surface area contributed by atoms with Gasteiger partial charge >= 0.3 is 6.03 Å². The second kappa shape index (κ2) is 6.67. The van der Waals surface area contributed by atoms with Crippen LogP contribution in [0.3, 0.4) is 0 Å². The molecule has 126 valence electrons. The minimum Gasteiger partial charge on any atom is -0.378 e. The number of carbonyl (C=O) groups excluding carboxylic acids is 1. The lowest BCUT2D eigenvalue weighted by molar-refractivity contribution is -0.137. The number of ether oxygens (including phenoxy) is 2. The van der Waals surface area contributed by atoms with Gasteiger partial charge in [0.2, 0.25) is 0 Å². The van der Waals surface area contributed by atoms with Crippen LogP contribution in [0.1, 0.15) is 24.5 Å². The number of nitrogens with zero attached hydrogens (tertiary/aromatic N) is 1. The maximum atomic E-state index is 12.5. The van der Waals surface area contributed by atoms with Crippen LogP contribution >= 0.6 is 11.6 Å². The third-order valence-electron chi connectivity index (χ3n) is 4.50. The molecule has 6 heteroatoms. The summed E-state index contributed by atoms with van der Waals surface area (Å²) in [6.07, 6.45) is 0.859. The largest absolute Gasteiger partial charge is 0.378 e. The van der Waals surface area contributed by atoms with Gasteiger partial charge in [-0.15, -0.1) is 0 Å². The van der Waals surface area contributed by atoms with E-state index in [2.05, 4.69) is 5.32 Å². The standard InChI is InChI=1S/C17H23ClN2O3/c1-12-3-4-15(18)7-14(12)8-19-16(21)20-9-13(2)23-17(10-20)5-6-22-11-17/h3-4,7,13H,5-6,8-11H2,1-2H3,(H,19,21)/t13-,17+/m1/s1. The van der Waals surface area contributed by atoms with E-state index in [1.165, 1.54) is 0 Å². The molecule has 23 heavy (non-hydrogen) atoms. The van der Waals surface area contributed by atoms with Crippen LogP contribution in [0.2, 0.25) is 5.02 Å². The first-order chi connectivity index (χ1) is 11.0. The van der Waals surface area contributed by atoms with Gasteiger partial charge in [0, 0.05) is 31.1 Å². The second-order valence-electron chi connectivity index (χ2n) is 6.52. The van der Waals surface area contributed by atoms with Gasteiger partial charge in [-0.2, -0.15) is 0 Å². The fraction of sp³-hybridized carbons (Fsp3) is 0.588. The van der Waals surface area contributed by atoms with Crippen molar-refractivity contribution in [1.82, 2.24) is 10.2 Å². The first-order valence-electron chi connectivity index (χ1n) is 8.01. The fourth-order valence-corrected chi connectivity index (χ4v) is 3.49. The highest BCUT2D eigenvalue weighted by atomic mass is 35.5. The molecular weight excluding hydrogens is 316 g/mol. The lowest BCUT2D eigenvalue weighted by Gasteiger charge is -2.42. The molecule has 2 atom stereocenters. The number of benzene rings is 1. The molecule has 2 amide bonds. The molecule has 2 aliphatic rings. The number of rotatable bonds is 2. The summed E-state index contributed by atoms with van der Waals surface area (Å²) in [6.45, 7) is 6.93. The maximum Gasteiger partial charge on any atom is 0.317 e. The van der Waals surface area contributed by atoms with Crippen molar-refractivity contribution < 1.29 is 14.3 Å². The van der Waals surface area contributed by atoms with Crippen LogP contribution in [0.15, 0.2) is 18.2 Å². The molecule has 1 N–H and O–H groups in total. The topological polar surface area (TPSA) is 50.8 Å². The molecule has 0 bridgehead atoms. The number of carbonyl (C=O) groups is 1. The molecule has 2 heterocycles. The van der Waals surface area contributed by atoms with Crippen LogP contribution in [0.5, 0.6) is 0 Å². The van der Waals surface area contributed by atoms with Crippen molar-refractivity contribution in [1.29, 1.82) is 0 Å². The SMILES string of the molecule is Cc1ccc(Cl)cc1CNC(=O)N1C[C@@H](C)O[C@@]2(CCOC2)C1. The van der Waals surface area contributed by atoms with Crippen LogP contribution in [-0.2, 0) is 16.0 Å². The minimum atomic E-state index is -0.332. The molecule has 1 spiro atoms. The number of hydrogen-bond donors (Lipinski definition) is 1. The summed E-state index contributed by atoms with van der Waals surface area (Å²) in [5, 5.41) is 3.68. The van der Waals surface area contributed by atoms with Crippen molar-refractivity contribution in [2.24, 2.45) is 0 Å². The van der Waals surface area contributed by atoms with E-state index in [4.69, 9.17) is 21.1 Å². The van der Waals surface area contributed by atoms with Crippen molar-refractivity contribution in [3.63, 3.8) is 0 Å². The van der Waals surface area contributed by atoms with Crippen LogP contribution in [0.25, 0.3) is 0 Å². The fourth-order valence-electron chi connectivity index (χ4n) is 3.30. The van der Waals surface area contributed by atoms with E-state index in [0.29, 0.717) is 37.9 Å². The average molecular weight is 339 g/mol. The van der Waals surface area contributed by atoms with Gasteiger partial charge in [0.15, 0.2) is 0 Å². The molecule has 2 saturated heterocycles. The molecule has 5 nitrogen and oxygen atoms in total. The van der Waals surface area contributed by atoms with E-state index in [1.807, 2.05) is 36.9 Å². The highest BCUT2D eigenvalue weighted by Crippen LogP contribution is 2.30. The summed E-state index contributed by atoms with van der Waals surface area (Å²) < 4.78 is 11.5. The van der Waals surface area contributed by atoms with E-state index in [9.17, 15) is 4.79 Å². The summed E-state index contributed by atoms with van der Waals surface area (Å²) >= 11 is 6.03. The number of urea groups is 1. The van der Waals surface area contributed by atoms with Crippen molar-refractivity contribution in [3.05, 3.63) is 34.3 Å². The highest BCUT2D eigenvalue weighted by Gasteiger charge is 2.43. The van der Waals surface area contributed by atoms with Crippen LogP contribution < -0.4 is 5.32 Å². The van der Waals surface area contributed by atoms with Crippen molar-refractivity contribution >= 4 is 17.6 Å². The third-order valence-corrected chi connectivity index (χ3v) is 4.74. The summed E-state index contributed by atoms with van der Waals surface area (Å²) in [4.78, 5) is 14.4. The number of hydrogen-bond acceptors (Lipinski definition) is 3. The smallest absolute Gasteiger partial charge is 0.317 e. The van der Waals surface area contributed by atoms with Gasteiger partial charge < -0.3 is 19.7 Å². The van der Waals surface area contributed by atoms with E-state index >= 15 is 0 Å². The Labute approximate surface area is 141 Å². The summed E-state index contributed by atoms with van der Waals surface area (Å²) in [7, 11) is 0. The molecule has 0 radical (unpaired) electrons. The molecule has 1 aromatic rings. The van der Waals surface area contributed by atoms with Crippen LogP contribution in [-0.4, -0.2) is 48.9 Å². The zero-order valence-corrected chi connectivity index (χ0v) is 14.4. The number of aryl methyl sites for hydroxylation is 1. The van der Waals surface area contributed by atoms with E-state index in [1.54, 1.807) is 0 Å². The van der Waals surface area contributed by atoms with Gasteiger partial charge in [0.1, 0.15) is 5.60 Å². The summed E-state index contributed by atoms with van der Waals surface area (Å²) in [6, 6.07) is 5.65. The lowest BCUT2D eigenvalue weighted by atomic mass is 9.99. The number of morpholine rings is 1. The lowest BCUT2D eigenvalue weighted by Crippen LogP contribution is -2.58. The monoisotopic (exact) mass is 338 g/mol. The molecule has 0 aliphatic carbocycles. The molecular formula is C17H23ClN2O3. The molecule has 2 aliphatic heterocycles. The Bertz CT molecular complexity index is 587. The molecule has 2 fully saturated rings. The highest BCUT2D eigenvalue weighted by molar-refractivity contribution is 6.30. The zero-order valence-electron chi connectivity index (χ0n) is 13.6. The van der Waals surface area contributed by atoms with Gasteiger partial charge in [0.25, 0.3) is 0 Å². The van der Waals surface area contributed by atoms with Crippen LogP contribution in [0, 0.1) is 6.92 Å². The van der Waals surface area contributed by atoms with Gasteiger partial charge in [0.05, 0.1) is 19.3 Å². The summed E-state index contributed by atoms with van der Waals surface area (Å²) in [5.41, 5.74) is 1.82. The number of halogens is 1. The molecule has 3 rings (SSSR count). The Hall–Kier alpha value is -1.30. The Kier molecular flexibility index (Phi) is 4.80. The first-order valence-corrected chi connectivity index (χ1v) is 8.39. The van der Waals surface area contributed by atoms with Gasteiger partial charge in [-0.1, -0.05) is 17.7 Å².